The molecule has 52 nitrogen and oxygen atoms in total. The molecule has 0 bridgehead atoms. The second-order valence-corrected chi connectivity index (χ2v) is 34.6. The Morgan fingerprint density at radius 2 is 0.712 bits per heavy atom. The number of rotatable bonds is 64. The lowest BCUT2D eigenvalue weighted by Crippen LogP contribution is -2.66. The van der Waals surface area contributed by atoms with E-state index in [2.05, 4.69) is 53.2 Å². The maximum Gasteiger partial charge on any atom is 0.306 e. The lowest BCUT2D eigenvalue weighted by atomic mass is 9.96. The van der Waals surface area contributed by atoms with E-state index in [1.807, 2.05) is 40.1 Å². The van der Waals surface area contributed by atoms with E-state index in [0.717, 1.165) is 74.2 Å². The van der Waals surface area contributed by atoms with Crippen LogP contribution in [-0.2, 0) is 178 Å². The average Bonchev–Trinajstić information content (AvgIpc) is 0.793. The van der Waals surface area contributed by atoms with Gasteiger partial charge in [-0.1, -0.05) is 30.3 Å². The lowest BCUT2D eigenvalue weighted by molar-refractivity contribution is -0.277. The molecule has 52 heteroatoms. The largest absolute Gasteiger partial charge is 0.463 e. The molecule has 4 aliphatic heterocycles. The van der Waals surface area contributed by atoms with Crippen molar-refractivity contribution in [2.24, 2.45) is 0 Å². The van der Waals surface area contributed by atoms with Gasteiger partial charge in [-0.15, -0.1) is 0 Å². The van der Waals surface area contributed by atoms with Gasteiger partial charge in [0.25, 0.3) is 0 Å². The van der Waals surface area contributed by atoms with Crippen molar-refractivity contribution in [1.29, 1.82) is 0 Å². The van der Waals surface area contributed by atoms with E-state index < -0.39 is 207 Å². The molecule has 9 amide bonds. The number of hydrogen-bond donors (Lipinski definition) is 10. The molecular weight excluding hydrogens is 1930 g/mol. The summed E-state index contributed by atoms with van der Waals surface area (Å²) in [5, 5.41) is 28.0. The van der Waals surface area contributed by atoms with Gasteiger partial charge in [0.2, 0.25) is 71.0 Å². The summed E-state index contributed by atoms with van der Waals surface area (Å²) in [6.07, 6.45) is -12.0. The van der Waals surface area contributed by atoms with Gasteiger partial charge in [0.15, 0.2) is 55.5 Å². The van der Waals surface area contributed by atoms with Gasteiger partial charge in [-0.3, -0.25) is 96.0 Å². The highest BCUT2D eigenvalue weighted by Gasteiger charge is 2.55. The predicted octanol–water partition coefficient (Wildman–Crippen LogP) is -1.13. The van der Waals surface area contributed by atoms with Gasteiger partial charge in [0.1, 0.15) is 69.2 Å². The monoisotopic (exact) mass is 2070 g/mol. The van der Waals surface area contributed by atoms with E-state index in [1.165, 1.54) is 20.8 Å². The van der Waals surface area contributed by atoms with Crippen LogP contribution < -0.4 is 63.0 Å². The lowest BCUT2D eigenvalue weighted by Gasteiger charge is -2.44. The minimum atomic E-state index is -1.33. The van der Waals surface area contributed by atoms with Crippen molar-refractivity contribution in [3.8, 4) is 0 Å². The van der Waals surface area contributed by atoms with Gasteiger partial charge >= 0.3 is 59.7 Å². The van der Waals surface area contributed by atoms with Gasteiger partial charge < -0.3 is 144 Å². The third-order valence-electron chi connectivity index (χ3n) is 22.3. The van der Waals surface area contributed by atoms with Crippen LogP contribution in [0.15, 0.2) is 30.3 Å². The number of benzene rings is 1. The summed E-state index contributed by atoms with van der Waals surface area (Å²) in [6, 6.07) is 4.92. The zero-order valence-electron chi connectivity index (χ0n) is 84.7. The number of aromatic nitrogens is 3. The maximum atomic E-state index is 13.9. The van der Waals surface area contributed by atoms with Crippen LogP contribution in [0.3, 0.4) is 0 Å². The second-order valence-electron chi connectivity index (χ2n) is 34.6. The Bertz CT molecular complexity index is 4470. The van der Waals surface area contributed by atoms with E-state index in [4.69, 9.17) is 90.7 Å². The number of nitrogens with one attached hydrogen (secondary N) is 10. The van der Waals surface area contributed by atoms with Crippen molar-refractivity contribution in [1.82, 2.24) is 67.7 Å². The molecule has 0 radical (unpaired) electrons. The number of esters is 10. The predicted molar refractivity (Wildman–Crippen MR) is 507 cm³/mol. The average molecular weight is 2070 g/mol. The molecule has 1 aromatic heterocycles. The Balaban J connectivity index is 1.10. The number of unbranched alkanes of at least 4 members (excludes halogenated alkanes) is 3. The first kappa shape index (κ1) is 122. The van der Waals surface area contributed by atoms with Crippen LogP contribution in [0, 0.1) is 0 Å². The number of amides is 9. The molecule has 1 unspecified atom stereocenters. The van der Waals surface area contributed by atoms with Gasteiger partial charge in [0.05, 0.1) is 6.04 Å². The van der Waals surface area contributed by atoms with Gasteiger partial charge in [0, 0.05) is 233 Å². The molecular formula is C94H142N16O36. The molecule has 2 aromatic rings. The van der Waals surface area contributed by atoms with Crippen molar-refractivity contribution in [3.05, 3.63) is 35.9 Å². The molecule has 814 valence electrons. The van der Waals surface area contributed by atoms with Gasteiger partial charge in [-0.25, -0.2) is 0 Å². The first-order valence-electron chi connectivity index (χ1n) is 48.7. The van der Waals surface area contributed by atoms with E-state index in [0.29, 0.717) is 70.9 Å². The summed E-state index contributed by atoms with van der Waals surface area (Å²) in [4.78, 5) is 272. The van der Waals surface area contributed by atoms with Crippen LogP contribution in [0.25, 0.3) is 0 Å². The smallest absolute Gasteiger partial charge is 0.306 e. The zero-order valence-corrected chi connectivity index (χ0v) is 84.7. The fourth-order valence-electron chi connectivity index (χ4n) is 15.7. The van der Waals surface area contributed by atoms with Crippen molar-refractivity contribution in [2.45, 2.75) is 297 Å². The van der Waals surface area contributed by atoms with Gasteiger partial charge in [-0.05, 0) is 69.8 Å². The van der Waals surface area contributed by atoms with Crippen molar-refractivity contribution in [3.63, 3.8) is 0 Å². The highest BCUT2D eigenvalue weighted by atomic mass is 16.7. The summed E-state index contributed by atoms with van der Waals surface area (Å²) in [7, 11) is 0. The number of nitrogens with zero attached hydrogens (tertiary/aromatic N) is 6. The summed E-state index contributed by atoms with van der Waals surface area (Å²) in [5.74, 6) is -10.9. The first-order chi connectivity index (χ1) is 69.6. The fourth-order valence-corrected chi connectivity index (χ4v) is 15.7. The van der Waals surface area contributed by atoms with Crippen molar-refractivity contribution < 1.29 is 172 Å². The topological polar surface area (TPSA) is 658 Å². The van der Waals surface area contributed by atoms with Gasteiger partial charge in [-0.2, -0.15) is 15.0 Å². The molecule has 146 heavy (non-hydrogen) atoms. The standard InChI is InChI=1S/C94H142N16O36/c1-56(112)102-80-86(141-65(10)121)83(138-62(7)118)70(53-134-59(4)115)144-89(80)131-48-19-16-27-73(124)95-35-22-38-98-76(127)32-41-101-92-105-93(107-94(106-92)110-46-44-108(45-47-110)69(51-111)30-31-79(130)137-52-68-25-14-13-15-26-68)109(42-33-77(128)99-39-23-36-96-74(125)28-17-20-49-132-90-81(103-57(2)113)87(142-66(11)122)84(139-63(8)119)71(145-90)54-135-60(5)116)43-34-78(129)100-40-24-37-97-75(126)29-18-21-50-133-91-82(104-58(3)114)88(143-67(12)123)85(140-64(9)120)72(146-91)55-136-61(6)117/h13-15,25-26,51,69-72,80-91H,16-24,27-50,52-55H2,1-12H3,(H,95,124)(H,96,125)(H,97,126)(H,98,127)(H,99,128)(H,100,129)(H,102,112)(H,103,113)(H,104,114)(H,101,105,106,107)/t69?,70-,71-,72-,80-,81-,82-,83+,84+,85+,86-,87-,88-,89-,90-,91-/m1/s1. The Hall–Kier alpha value is -13.1. The van der Waals surface area contributed by atoms with Crippen molar-refractivity contribution in [2.75, 3.05) is 140 Å². The summed E-state index contributed by atoms with van der Waals surface area (Å²) in [6.45, 7) is 14.3. The van der Waals surface area contributed by atoms with Crippen LogP contribution in [0.5, 0.6) is 0 Å². The third kappa shape index (κ3) is 47.4. The number of aldehydes is 1. The normalized spacial score (nSPS) is 21.3. The molecule has 4 fully saturated rings. The number of carbonyl (C=O) groups excluding carboxylic acids is 20. The number of hydrogen-bond acceptors (Lipinski definition) is 43. The highest BCUT2D eigenvalue weighted by molar-refractivity contribution is 5.81. The minimum Gasteiger partial charge on any atom is -0.463 e. The van der Waals surface area contributed by atoms with E-state index in [1.54, 1.807) is 4.90 Å². The third-order valence-corrected chi connectivity index (χ3v) is 22.3. The molecule has 4 saturated heterocycles. The van der Waals surface area contributed by atoms with E-state index in [9.17, 15) is 95.9 Å². The van der Waals surface area contributed by atoms with E-state index in [-0.39, 0.29) is 191 Å². The molecule has 0 aliphatic carbocycles. The highest BCUT2D eigenvalue weighted by Crippen LogP contribution is 2.33. The Morgan fingerprint density at radius 3 is 1.04 bits per heavy atom. The second kappa shape index (κ2) is 66.1. The maximum absolute atomic E-state index is 13.9. The molecule has 16 atom stereocenters. The zero-order chi connectivity index (χ0) is 107. The quantitative estimate of drug-likeness (QED) is 0.0162. The summed E-state index contributed by atoms with van der Waals surface area (Å²) < 4.78 is 90.0. The van der Waals surface area contributed by atoms with Crippen LogP contribution in [0.1, 0.15) is 198 Å². The minimum absolute atomic E-state index is 0.000960. The van der Waals surface area contributed by atoms with Crippen LogP contribution in [0.4, 0.5) is 17.8 Å². The van der Waals surface area contributed by atoms with Crippen LogP contribution in [-0.4, -0.2) is 362 Å². The SMILES string of the molecule is CC(=O)N[C@H]1[C@H](OCCCCC(=O)NCCCNC(=O)CCNc2nc(N(CCC(=O)NCCCNC(=O)CCCCO[C@@H]3O[C@H](COC(C)=O)[C@H](OC(C)=O)[C@H](OC(C)=O)[C@H]3NC(C)=O)CCC(=O)NCCCNC(=O)CCCCO[C@@H]3O[C@H](COC(C)=O)[C@H](OC(C)=O)[C@H](OC(C)=O)[C@H]3NC(C)=O)nc(N3CCN(C(C=O)CCC(=O)OCc4ccccc4)CC3)n2)O[C@H](COC(C)=O)[C@H](OC(C)=O)[C@@H]1OC(C)=O. The fraction of sp³-hybridized carbons (Fsp3) is 0.691. The molecule has 5 heterocycles. The molecule has 6 rings (SSSR count). The van der Waals surface area contributed by atoms with Crippen molar-refractivity contribution >= 4 is 137 Å². The van der Waals surface area contributed by atoms with E-state index >= 15 is 0 Å². The van der Waals surface area contributed by atoms with Crippen LogP contribution >= 0.6 is 0 Å². The molecule has 1 aromatic carbocycles. The van der Waals surface area contributed by atoms with Crippen LogP contribution in [0.2, 0.25) is 0 Å². The summed E-state index contributed by atoms with van der Waals surface area (Å²) >= 11 is 0. The molecule has 0 spiro atoms. The number of ether oxygens (including phenoxy) is 16. The number of anilines is 3. The Labute approximate surface area is 845 Å². The first-order valence-corrected chi connectivity index (χ1v) is 48.7. The number of carbonyl (C=O) groups is 20. The summed E-state index contributed by atoms with van der Waals surface area (Å²) in [5.41, 5.74) is 0.799. The Kier molecular flexibility index (Phi) is 55.1. The Morgan fingerprint density at radius 1 is 0.377 bits per heavy atom. The molecule has 0 saturated carbocycles. The molecule has 10 N–H and O–H groups in total. The molecule has 4 aliphatic rings. The number of piperazine rings is 1.